The second kappa shape index (κ2) is 5.19. The molecule has 3 aromatic carbocycles. The molecule has 0 unspecified atom stereocenters. The number of ketones is 1. The zero-order valence-corrected chi connectivity index (χ0v) is 16.4. The Bertz CT molecular complexity index is 1110. The van der Waals surface area contributed by atoms with Crippen LogP contribution in [0.25, 0.3) is 0 Å². The van der Waals surface area contributed by atoms with Gasteiger partial charge in [-0.25, -0.2) is 0 Å². The van der Waals surface area contributed by atoms with Crippen molar-refractivity contribution in [3.63, 3.8) is 0 Å². The van der Waals surface area contributed by atoms with E-state index in [1.165, 1.54) is 27.8 Å². The highest BCUT2D eigenvalue weighted by Crippen LogP contribution is 2.50. The SMILES string of the molecule is CC1(C)c2ccccc2C(C)(C)c2cc3c(cc21)Cc1ccccc1C3=O. The van der Waals surface area contributed by atoms with Crippen LogP contribution in [0.2, 0.25) is 0 Å². The summed E-state index contributed by atoms with van der Waals surface area (Å²) >= 11 is 0. The topological polar surface area (TPSA) is 17.1 Å². The van der Waals surface area contributed by atoms with Crippen molar-refractivity contribution in [3.05, 3.63) is 105 Å². The van der Waals surface area contributed by atoms with Gasteiger partial charge in [-0.05, 0) is 45.9 Å². The van der Waals surface area contributed by atoms with Crippen LogP contribution in [0, 0.1) is 0 Å². The molecule has 0 atom stereocenters. The van der Waals surface area contributed by atoms with Crippen molar-refractivity contribution in [3.8, 4) is 0 Å². The van der Waals surface area contributed by atoms with Crippen LogP contribution < -0.4 is 0 Å². The van der Waals surface area contributed by atoms with Crippen LogP contribution in [0.15, 0.2) is 60.7 Å². The minimum atomic E-state index is -0.117. The van der Waals surface area contributed by atoms with E-state index in [4.69, 9.17) is 0 Å². The lowest BCUT2D eigenvalue weighted by Gasteiger charge is -2.44. The van der Waals surface area contributed by atoms with E-state index in [-0.39, 0.29) is 16.6 Å². The van der Waals surface area contributed by atoms with Gasteiger partial charge in [-0.2, -0.15) is 0 Å². The van der Waals surface area contributed by atoms with E-state index in [0.29, 0.717) is 0 Å². The van der Waals surface area contributed by atoms with E-state index in [9.17, 15) is 4.79 Å². The zero-order chi connectivity index (χ0) is 19.0. The molecule has 27 heavy (non-hydrogen) atoms. The van der Waals surface area contributed by atoms with Gasteiger partial charge in [0.25, 0.3) is 0 Å². The molecule has 0 spiro atoms. The van der Waals surface area contributed by atoms with E-state index in [2.05, 4.69) is 70.2 Å². The number of hydrogen-bond donors (Lipinski definition) is 0. The summed E-state index contributed by atoms with van der Waals surface area (Å²) in [6.45, 7) is 9.19. The maximum atomic E-state index is 13.2. The first-order valence-corrected chi connectivity index (χ1v) is 9.72. The number of fused-ring (bicyclic) bond motifs is 4. The highest BCUT2D eigenvalue weighted by molar-refractivity contribution is 6.12. The standard InChI is InChI=1S/C26H24O/c1-25(2)20-11-7-8-12-21(20)26(3,4)23-15-19-17(14-22(23)25)13-16-9-5-6-10-18(16)24(19)27/h5-12,14-15H,13H2,1-4H3. The Labute approximate surface area is 161 Å². The molecule has 0 saturated heterocycles. The summed E-state index contributed by atoms with van der Waals surface area (Å²) in [6.07, 6.45) is 0.836. The van der Waals surface area contributed by atoms with E-state index in [1.54, 1.807) is 0 Å². The highest BCUT2D eigenvalue weighted by Gasteiger charge is 2.42. The lowest BCUT2D eigenvalue weighted by molar-refractivity contribution is 0.103. The van der Waals surface area contributed by atoms with E-state index < -0.39 is 0 Å². The Hall–Kier alpha value is -2.67. The summed E-state index contributed by atoms with van der Waals surface area (Å²) in [6, 6.07) is 21.3. The van der Waals surface area contributed by atoms with Crippen molar-refractivity contribution in [1.82, 2.24) is 0 Å². The first-order chi connectivity index (χ1) is 12.8. The Morgan fingerprint density at radius 2 is 1.19 bits per heavy atom. The summed E-state index contributed by atoms with van der Waals surface area (Å²) in [5.41, 5.74) is 9.27. The molecule has 0 aromatic heterocycles. The van der Waals surface area contributed by atoms with Gasteiger partial charge < -0.3 is 0 Å². The molecule has 0 heterocycles. The summed E-state index contributed by atoms with van der Waals surface area (Å²) in [5.74, 6) is 0.169. The molecular weight excluding hydrogens is 328 g/mol. The number of benzene rings is 3. The molecule has 2 aliphatic rings. The first-order valence-electron chi connectivity index (χ1n) is 9.72. The summed E-state index contributed by atoms with van der Waals surface area (Å²) in [5, 5.41) is 0. The van der Waals surface area contributed by atoms with Gasteiger partial charge in [0.1, 0.15) is 0 Å². The number of carbonyl (C=O) groups is 1. The average Bonchev–Trinajstić information content (AvgIpc) is 2.66. The largest absolute Gasteiger partial charge is 0.289 e. The molecule has 5 rings (SSSR count). The van der Waals surface area contributed by atoms with Gasteiger partial charge in [0.2, 0.25) is 0 Å². The number of rotatable bonds is 0. The summed E-state index contributed by atoms with van der Waals surface area (Å²) in [7, 11) is 0. The van der Waals surface area contributed by atoms with Crippen molar-refractivity contribution in [2.45, 2.75) is 44.9 Å². The van der Waals surface area contributed by atoms with Gasteiger partial charge >= 0.3 is 0 Å². The molecule has 1 heteroatoms. The molecule has 2 aliphatic carbocycles. The predicted molar refractivity (Wildman–Crippen MR) is 110 cm³/mol. The van der Waals surface area contributed by atoms with Crippen molar-refractivity contribution in [1.29, 1.82) is 0 Å². The molecule has 0 aliphatic heterocycles. The number of hydrogen-bond acceptors (Lipinski definition) is 1. The Balaban J connectivity index is 1.80. The monoisotopic (exact) mass is 352 g/mol. The van der Waals surface area contributed by atoms with Gasteiger partial charge in [0, 0.05) is 22.0 Å². The van der Waals surface area contributed by atoms with Crippen LogP contribution in [0.3, 0.4) is 0 Å². The van der Waals surface area contributed by atoms with Gasteiger partial charge in [0.05, 0.1) is 0 Å². The molecule has 3 aromatic rings. The lowest BCUT2D eigenvalue weighted by Crippen LogP contribution is -2.37. The lowest BCUT2D eigenvalue weighted by atomic mass is 9.59. The smallest absolute Gasteiger partial charge is 0.193 e. The third-order valence-electron chi connectivity index (χ3n) is 6.75. The zero-order valence-electron chi connectivity index (χ0n) is 16.4. The van der Waals surface area contributed by atoms with Crippen LogP contribution in [-0.2, 0) is 17.3 Å². The molecule has 0 amide bonds. The summed E-state index contributed by atoms with van der Waals surface area (Å²) < 4.78 is 0. The fraction of sp³-hybridized carbons (Fsp3) is 0.269. The Morgan fingerprint density at radius 3 is 1.85 bits per heavy atom. The van der Waals surface area contributed by atoms with Gasteiger partial charge in [0.15, 0.2) is 5.78 Å². The van der Waals surface area contributed by atoms with Crippen LogP contribution in [-0.4, -0.2) is 5.78 Å². The van der Waals surface area contributed by atoms with Crippen molar-refractivity contribution in [2.24, 2.45) is 0 Å². The number of carbonyl (C=O) groups excluding carboxylic acids is 1. The predicted octanol–water partition coefficient (Wildman–Crippen LogP) is 5.79. The molecule has 1 nitrogen and oxygen atoms in total. The fourth-order valence-electron chi connectivity index (χ4n) is 5.15. The Kier molecular flexibility index (Phi) is 3.17. The van der Waals surface area contributed by atoms with Gasteiger partial charge in [-0.1, -0.05) is 82.3 Å². The van der Waals surface area contributed by atoms with Gasteiger partial charge in [-0.15, -0.1) is 0 Å². The van der Waals surface area contributed by atoms with Gasteiger partial charge in [-0.3, -0.25) is 4.79 Å². The average molecular weight is 352 g/mol. The fourth-order valence-corrected chi connectivity index (χ4v) is 5.15. The van der Waals surface area contributed by atoms with Crippen LogP contribution in [0.1, 0.15) is 77.0 Å². The Morgan fingerprint density at radius 1 is 0.630 bits per heavy atom. The molecule has 0 radical (unpaired) electrons. The second-order valence-electron chi connectivity index (χ2n) is 9.01. The van der Waals surface area contributed by atoms with E-state index in [1.807, 2.05) is 18.2 Å². The third-order valence-corrected chi connectivity index (χ3v) is 6.75. The summed E-state index contributed by atoms with van der Waals surface area (Å²) in [4.78, 5) is 13.2. The molecule has 0 fully saturated rings. The van der Waals surface area contributed by atoms with Crippen molar-refractivity contribution in [2.75, 3.05) is 0 Å². The van der Waals surface area contributed by atoms with Crippen molar-refractivity contribution >= 4 is 5.78 Å². The second-order valence-corrected chi connectivity index (χ2v) is 9.01. The molecular formula is C26H24O. The molecule has 134 valence electrons. The maximum absolute atomic E-state index is 13.2. The molecule has 0 N–H and O–H groups in total. The van der Waals surface area contributed by atoms with Crippen LogP contribution >= 0.6 is 0 Å². The normalized spacial score (nSPS) is 18.1. The molecule has 0 bridgehead atoms. The van der Waals surface area contributed by atoms with E-state index >= 15 is 0 Å². The minimum absolute atomic E-state index is 0.0729. The van der Waals surface area contributed by atoms with Crippen LogP contribution in [0.5, 0.6) is 0 Å². The first kappa shape index (κ1) is 16.5. The maximum Gasteiger partial charge on any atom is 0.193 e. The van der Waals surface area contributed by atoms with Crippen LogP contribution in [0.4, 0.5) is 0 Å². The third kappa shape index (κ3) is 2.09. The minimum Gasteiger partial charge on any atom is -0.289 e. The van der Waals surface area contributed by atoms with E-state index in [0.717, 1.165) is 23.1 Å². The van der Waals surface area contributed by atoms with Crippen molar-refractivity contribution < 1.29 is 4.79 Å². The molecule has 0 saturated carbocycles. The quantitative estimate of drug-likeness (QED) is 0.392. The highest BCUT2D eigenvalue weighted by atomic mass is 16.1.